The molecule has 150 valence electrons. The summed E-state index contributed by atoms with van der Waals surface area (Å²) in [6.07, 6.45) is 4.90. The Bertz CT molecular complexity index is 461. The Labute approximate surface area is 158 Å². The number of hydrogen-bond donors (Lipinski definition) is 0. The van der Waals surface area contributed by atoms with E-state index in [9.17, 15) is 9.59 Å². The lowest BCUT2D eigenvalue weighted by Gasteiger charge is -2.38. The maximum Gasteiger partial charge on any atom is 0.409 e. The highest BCUT2D eigenvalue weighted by Crippen LogP contribution is 2.25. The molecule has 0 unspecified atom stereocenters. The molecule has 2 saturated heterocycles. The van der Waals surface area contributed by atoms with E-state index < -0.39 is 0 Å². The molecular weight excluding hydrogens is 330 g/mol. The topological polar surface area (TPSA) is 53.1 Å². The number of amides is 2. The Morgan fingerprint density at radius 3 is 2.38 bits per heavy atom. The first-order valence-electron chi connectivity index (χ1n) is 10.3. The minimum Gasteiger partial charge on any atom is -0.450 e. The fraction of sp³-hybridized carbons (Fsp3) is 0.900. The molecule has 6 heteroatoms. The molecule has 2 fully saturated rings. The van der Waals surface area contributed by atoms with Crippen molar-refractivity contribution in [3.63, 3.8) is 0 Å². The molecule has 26 heavy (non-hydrogen) atoms. The zero-order chi connectivity index (χ0) is 19.1. The van der Waals surface area contributed by atoms with Crippen LogP contribution in [0, 0.1) is 11.8 Å². The molecule has 0 aromatic carbocycles. The molecule has 0 bridgehead atoms. The minimum atomic E-state index is -0.175. The Kier molecular flexibility index (Phi) is 8.19. The summed E-state index contributed by atoms with van der Waals surface area (Å²) >= 11 is 0. The van der Waals surface area contributed by atoms with E-state index in [0.29, 0.717) is 24.5 Å². The zero-order valence-corrected chi connectivity index (χ0v) is 17.1. The van der Waals surface area contributed by atoms with Crippen LogP contribution in [-0.2, 0) is 9.53 Å². The molecule has 0 spiro atoms. The molecular formula is C20H37N3O3. The predicted molar refractivity (Wildman–Crippen MR) is 103 cm³/mol. The number of carbonyl (C=O) groups excluding carboxylic acids is 2. The van der Waals surface area contributed by atoms with E-state index in [-0.39, 0.29) is 12.0 Å². The zero-order valence-electron chi connectivity index (χ0n) is 17.1. The van der Waals surface area contributed by atoms with Gasteiger partial charge in [-0.05, 0) is 58.0 Å². The molecule has 0 aromatic heterocycles. The molecule has 2 amide bonds. The Morgan fingerprint density at radius 1 is 1.08 bits per heavy atom. The second-order valence-corrected chi connectivity index (χ2v) is 8.19. The van der Waals surface area contributed by atoms with Gasteiger partial charge in [0.05, 0.1) is 6.61 Å². The summed E-state index contributed by atoms with van der Waals surface area (Å²) in [6, 6.07) is 0.527. The lowest BCUT2D eigenvalue weighted by atomic mass is 9.93. The Balaban J connectivity index is 1.79. The molecule has 0 aliphatic carbocycles. The average molecular weight is 368 g/mol. The molecule has 2 aliphatic rings. The summed E-state index contributed by atoms with van der Waals surface area (Å²) in [6.45, 7) is 11.0. The third-order valence-electron chi connectivity index (χ3n) is 5.63. The van der Waals surface area contributed by atoms with Crippen molar-refractivity contribution in [3.05, 3.63) is 0 Å². The SMILES string of the molecule is CCOC(=O)N1CCC[C@H](N2CCC(C(=O)N(C)CC(C)C)CC2)CC1. The van der Waals surface area contributed by atoms with Gasteiger partial charge in [-0.2, -0.15) is 0 Å². The summed E-state index contributed by atoms with van der Waals surface area (Å²) in [7, 11) is 1.93. The molecule has 2 heterocycles. The van der Waals surface area contributed by atoms with E-state index in [1.165, 1.54) is 0 Å². The van der Waals surface area contributed by atoms with Gasteiger partial charge in [0.15, 0.2) is 0 Å². The van der Waals surface area contributed by atoms with Crippen LogP contribution < -0.4 is 0 Å². The smallest absolute Gasteiger partial charge is 0.409 e. The van der Waals surface area contributed by atoms with E-state index in [4.69, 9.17) is 4.74 Å². The van der Waals surface area contributed by atoms with Gasteiger partial charge in [0.2, 0.25) is 5.91 Å². The second-order valence-electron chi connectivity index (χ2n) is 8.19. The number of rotatable bonds is 5. The van der Waals surface area contributed by atoms with Gasteiger partial charge in [0.1, 0.15) is 0 Å². The van der Waals surface area contributed by atoms with Gasteiger partial charge < -0.3 is 19.4 Å². The highest BCUT2D eigenvalue weighted by molar-refractivity contribution is 5.78. The minimum absolute atomic E-state index is 0.175. The first-order chi connectivity index (χ1) is 12.4. The van der Waals surface area contributed by atoms with Crippen molar-refractivity contribution >= 4 is 12.0 Å². The predicted octanol–water partition coefficient (Wildman–Crippen LogP) is 2.82. The van der Waals surface area contributed by atoms with Crippen molar-refractivity contribution in [1.82, 2.24) is 14.7 Å². The van der Waals surface area contributed by atoms with E-state index in [0.717, 1.165) is 64.8 Å². The Morgan fingerprint density at radius 2 is 1.77 bits per heavy atom. The molecule has 2 rings (SSSR count). The van der Waals surface area contributed by atoms with Gasteiger partial charge in [-0.3, -0.25) is 4.79 Å². The number of piperidine rings is 1. The third kappa shape index (κ3) is 5.86. The normalized spacial score (nSPS) is 23.0. The van der Waals surface area contributed by atoms with E-state index >= 15 is 0 Å². The number of nitrogens with zero attached hydrogens (tertiary/aromatic N) is 3. The van der Waals surface area contributed by atoms with Crippen LogP contribution in [0.5, 0.6) is 0 Å². The summed E-state index contributed by atoms with van der Waals surface area (Å²) in [5.41, 5.74) is 0. The molecule has 0 N–H and O–H groups in total. The van der Waals surface area contributed by atoms with Crippen molar-refractivity contribution in [2.45, 2.75) is 58.9 Å². The van der Waals surface area contributed by atoms with Gasteiger partial charge in [-0.25, -0.2) is 4.79 Å². The molecule has 0 radical (unpaired) electrons. The van der Waals surface area contributed by atoms with Gasteiger partial charge in [0.25, 0.3) is 0 Å². The van der Waals surface area contributed by atoms with Crippen molar-refractivity contribution < 1.29 is 14.3 Å². The standard InChI is InChI=1S/C20H37N3O3/c1-5-26-20(25)23-11-6-7-18(10-14-23)22-12-8-17(9-13-22)19(24)21(4)15-16(2)3/h16-18H,5-15H2,1-4H3/t18-/m0/s1. The maximum atomic E-state index is 12.6. The van der Waals surface area contributed by atoms with Gasteiger partial charge in [-0.1, -0.05) is 13.8 Å². The fourth-order valence-electron chi connectivity index (χ4n) is 4.30. The first-order valence-corrected chi connectivity index (χ1v) is 10.3. The van der Waals surface area contributed by atoms with Crippen molar-refractivity contribution in [2.24, 2.45) is 11.8 Å². The van der Waals surface area contributed by atoms with E-state index in [1.807, 2.05) is 23.8 Å². The fourth-order valence-corrected chi connectivity index (χ4v) is 4.30. The molecule has 6 nitrogen and oxygen atoms in total. The van der Waals surface area contributed by atoms with Crippen LogP contribution in [0.2, 0.25) is 0 Å². The number of ether oxygens (including phenoxy) is 1. The number of likely N-dealkylation sites (tertiary alicyclic amines) is 2. The molecule has 0 aromatic rings. The van der Waals surface area contributed by atoms with Crippen LogP contribution in [0.15, 0.2) is 0 Å². The summed E-state index contributed by atoms with van der Waals surface area (Å²) in [5, 5.41) is 0. The van der Waals surface area contributed by atoms with E-state index in [2.05, 4.69) is 18.7 Å². The summed E-state index contributed by atoms with van der Waals surface area (Å²) in [5.74, 6) is 1.00. The largest absolute Gasteiger partial charge is 0.450 e. The lowest BCUT2D eigenvalue weighted by molar-refractivity contribution is -0.136. The van der Waals surface area contributed by atoms with Crippen LogP contribution in [0.1, 0.15) is 52.9 Å². The molecule has 1 atom stereocenters. The molecule has 2 aliphatic heterocycles. The van der Waals surface area contributed by atoms with Crippen LogP contribution in [0.25, 0.3) is 0 Å². The first kappa shape index (κ1) is 21.0. The second kappa shape index (κ2) is 10.1. The van der Waals surface area contributed by atoms with Crippen molar-refractivity contribution in [2.75, 3.05) is 46.4 Å². The quantitative estimate of drug-likeness (QED) is 0.750. The third-order valence-corrected chi connectivity index (χ3v) is 5.63. The maximum absolute atomic E-state index is 12.6. The number of hydrogen-bond acceptors (Lipinski definition) is 4. The van der Waals surface area contributed by atoms with Crippen molar-refractivity contribution in [1.29, 1.82) is 0 Å². The monoisotopic (exact) mass is 367 g/mol. The highest BCUT2D eigenvalue weighted by Gasteiger charge is 2.31. The van der Waals surface area contributed by atoms with Gasteiger partial charge in [-0.15, -0.1) is 0 Å². The average Bonchev–Trinajstić information content (AvgIpc) is 2.87. The van der Waals surface area contributed by atoms with Gasteiger partial charge >= 0.3 is 6.09 Å². The molecule has 0 saturated carbocycles. The summed E-state index contributed by atoms with van der Waals surface area (Å²) < 4.78 is 5.14. The Hall–Kier alpha value is -1.30. The van der Waals surface area contributed by atoms with Crippen LogP contribution in [-0.4, -0.2) is 79.1 Å². The highest BCUT2D eigenvalue weighted by atomic mass is 16.6. The van der Waals surface area contributed by atoms with Crippen LogP contribution in [0.3, 0.4) is 0 Å². The van der Waals surface area contributed by atoms with E-state index in [1.54, 1.807) is 0 Å². The summed E-state index contributed by atoms with van der Waals surface area (Å²) in [4.78, 5) is 30.8. The van der Waals surface area contributed by atoms with Crippen LogP contribution in [0.4, 0.5) is 4.79 Å². The lowest BCUT2D eigenvalue weighted by Crippen LogP contribution is -2.46. The van der Waals surface area contributed by atoms with Crippen LogP contribution >= 0.6 is 0 Å². The van der Waals surface area contributed by atoms with Crippen molar-refractivity contribution in [3.8, 4) is 0 Å². The number of carbonyl (C=O) groups is 2. The van der Waals surface area contributed by atoms with Gasteiger partial charge in [0, 0.05) is 38.6 Å².